The van der Waals surface area contributed by atoms with E-state index < -0.39 is 0 Å². The number of carbonyl (C=O) groups excluding carboxylic acids is 1. The zero-order valence-corrected chi connectivity index (χ0v) is 13.0. The molecule has 20 heavy (non-hydrogen) atoms. The van der Waals surface area contributed by atoms with E-state index in [-0.39, 0.29) is 11.2 Å². The van der Waals surface area contributed by atoms with E-state index in [9.17, 15) is 4.79 Å². The number of hydrogen-bond acceptors (Lipinski definition) is 2. The van der Waals surface area contributed by atoms with Crippen LogP contribution in [-0.2, 0) is 5.41 Å². The van der Waals surface area contributed by atoms with E-state index in [1.54, 1.807) is 0 Å². The summed E-state index contributed by atoms with van der Waals surface area (Å²) in [5.74, 6) is 0.970. The molecule has 110 valence electrons. The Kier molecular flexibility index (Phi) is 4.98. The maximum Gasteiger partial charge on any atom is 0.162 e. The Morgan fingerprint density at radius 3 is 2.50 bits per heavy atom. The highest BCUT2D eigenvalue weighted by Gasteiger charge is 2.16. The van der Waals surface area contributed by atoms with Crippen molar-refractivity contribution in [1.82, 2.24) is 5.32 Å². The Morgan fingerprint density at radius 2 is 1.95 bits per heavy atom. The van der Waals surface area contributed by atoms with Crippen LogP contribution in [0.15, 0.2) is 24.3 Å². The molecule has 1 aromatic rings. The standard InChI is InChI=1S/C18H27NO/c1-18(2,3)16-9-7-15(8-10-16)17(20)11-6-14-5-4-12-19-13-14/h7-10,14,19H,4-6,11-13H2,1-3H3. The van der Waals surface area contributed by atoms with Gasteiger partial charge in [0.05, 0.1) is 0 Å². The topological polar surface area (TPSA) is 29.1 Å². The molecule has 1 saturated heterocycles. The second-order valence-corrected chi connectivity index (χ2v) is 7.00. The molecule has 0 saturated carbocycles. The number of nitrogens with one attached hydrogen (secondary N) is 1. The van der Waals surface area contributed by atoms with Gasteiger partial charge in [0.25, 0.3) is 0 Å². The summed E-state index contributed by atoms with van der Waals surface area (Å²) in [5, 5.41) is 3.41. The lowest BCUT2D eigenvalue weighted by atomic mass is 9.86. The van der Waals surface area contributed by atoms with Crippen LogP contribution in [0.5, 0.6) is 0 Å². The molecule has 0 aromatic heterocycles. The molecule has 0 aliphatic carbocycles. The third kappa shape index (κ3) is 4.17. The quantitative estimate of drug-likeness (QED) is 0.842. The number of Topliss-reactive ketones (excluding diaryl/α,β-unsaturated/α-hetero) is 1. The van der Waals surface area contributed by atoms with Crippen molar-refractivity contribution in [2.45, 2.75) is 51.9 Å². The molecule has 1 aliphatic rings. The summed E-state index contributed by atoms with van der Waals surface area (Å²) >= 11 is 0. The van der Waals surface area contributed by atoms with Crippen molar-refractivity contribution in [3.8, 4) is 0 Å². The first-order valence-corrected chi connectivity index (χ1v) is 7.81. The Balaban J connectivity index is 1.89. The normalized spacial score (nSPS) is 19.9. The summed E-state index contributed by atoms with van der Waals surface area (Å²) < 4.78 is 0. The van der Waals surface area contributed by atoms with Crippen molar-refractivity contribution < 1.29 is 4.79 Å². The third-order valence-electron chi connectivity index (χ3n) is 4.25. The lowest BCUT2D eigenvalue weighted by molar-refractivity contribution is 0.0971. The SMILES string of the molecule is CC(C)(C)c1ccc(C(=O)CCC2CCCNC2)cc1. The Bertz CT molecular complexity index is 435. The highest BCUT2D eigenvalue weighted by Crippen LogP contribution is 2.23. The van der Waals surface area contributed by atoms with Gasteiger partial charge in [-0.05, 0) is 49.2 Å². The van der Waals surface area contributed by atoms with Gasteiger partial charge in [-0.25, -0.2) is 0 Å². The van der Waals surface area contributed by atoms with E-state index in [2.05, 4.69) is 38.2 Å². The zero-order valence-electron chi connectivity index (χ0n) is 13.0. The van der Waals surface area contributed by atoms with Crippen molar-refractivity contribution in [2.24, 2.45) is 5.92 Å². The largest absolute Gasteiger partial charge is 0.316 e. The first kappa shape index (κ1) is 15.2. The average Bonchev–Trinajstić information content (AvgIpc) is 2.45. The van der Waals surface area contributed by atoms with Crippen molar-refractivity contribution in [3.05, 3.63) is 35.4 Å². The Hall–Kier alpha value is -1.15. The number of rotatable bonds is 4. The molecule has 1 N–H and O–H groups in total. The van der Waals surface area contributed by atoms with Crippen LogP contribution in [0.3, 0.4) is 0 Å². The van der Waals surface area contributed by atoms with E-state index in [0.29, 0.717) is 12.3 Å². The van der Waals surface area contributed by atoms with Gasteiger partial charge >= 0.3 is 0 Å². The second-order valence-electron chi connectivity index (χ2n) is 7.00. The minimum atomic E-state index is 0.148. The molecule has 0 amide bonds. The van der Waals surface area contributed by atoms with Crippen molar-refractivity contribution >= 4 is 5.78 Å². The zero-order chi connectivity index (χ0) is 14.6. The van der Waals surface area contributed by atoms with E-state index in [4.69, 9.17) is 0 Å². The predicted octanol–water partition coefficient (Wildman–Crippen LogP) is 3.95. The van der Waals surface area contributed by atoms with Gasteiger partial charge in [-0.15, -0.1) is 0 Å². The van der Waals surface area contributed by atoms with Crippen LogP contribution in [0.4, 0.5) is 0 Å². The molecule has 2 nitrogen and oxygen atoms in total. The Morgan fingerprint density at radius 1 is 1.25 bits per heavy atom. The lowest BCUT2D eigenvalue weighted by Crippen LogP contribution is -2.30. The number of benzene rings is 1. The van der Waals surface area contributed by atoms with Crippen LogP contribution in [-0.4, -0.2) is 18.9 Å². The maximum atomic E-state index is 12.2. The van der Waals surface area contributed by atoms with E-state index in [1.165, 1.54) is 18.4 Å². The summed E-state index contributed by atoms with van der Waals surface area (Å²) in [6.07, 6.45) is 4.22. The smallest absolute Gasteiger partial charge is 0.162 e. The third-order valence-corrected chi connectivity index (χ3v) is 4.25. The summed E-state index contributed by atoms with van der Waals surface area (Å²) in [6.45, 7) is 8.80. The summed E-state index contributed by atoms with van der Waals surface area (Å²) in [7, 11) is 0. The monoisotopic (exact) mass is 273 g/mol. The van der Waals surface area contributed by atoms with Gasteiger partial charge in [0, 0.05) is 12.0 Å². The van der Waals surface area contributed by atoms with Crippen LogP contribution < -0.4 is 5.32 Å². The fourth-order valence-electron chi connectivity index (χ4n) is 2.81. The Labute approximate surface area is 123 Å². The van der Waals surface area contributed by atoms with Crippen LogP contribution >= 0.6 is 0 Å². The number of ketones is 1. The molecule has 1 heterocycles. The van der Waals surface area contributed by atoms with Gasteiger partial charge in [-0.2, -0.15) is 0 Å². The maximum absolute atomic E-state index is 12.2. The van der Waals surface area contributed by atoms with Gasteiger partial charge < -0.3 is 5.32 Å². The first-order valence-electron chi connectivity index (χ1n) is 7.81. The minimum absolute atomic E-state index is 0.148. The van der Waals surface area contributed by atoms with Crippen molar-refractivity contribution in [3.63, 3.8) is 0 Å². The molecule has 1 aliphatic heterocycles. The van der Waals surface area contributed by atoms with Crippen molar-refractivity contribution in [1.29, 1.82) is 0 Å². The molecule has 2 heteroatoms. The molecule has 1 unspecified atom stereocenters. The molecule has 1 fully saturated rings. The number of hydrogen-bond donors (Lipinski definition) is 1. The first-order chi connectivity index (χ1) is 9.47. The van der Waals surface area contributed by atoms with Crippen LogP contribution in [0.2, 0.25) is 0 Å². The molecular formula is C18H27NO. The van der Waals surface area contributed by atoms with Gasteiger partial charge in [0.2, 0.25) is 0 Å². The molecule has 1 aromatic carbocycles. The second kappa shape index (κ2) is 6.53. The van der Waals surface area contributed by atoms with E-state index in [0.717, 1.165) is 25.1 Å². The van der Waals surface area contributed by atoms with Gasteiger partial charge in [-0.3, -0.25) is 4.79 Å². The lowest BCUT2D eigenvalue weighted by Gasteiger charge is -2.22. The van der Waals surface area contributed by atoms with Crippen LogP contribution in [0.25, 0.3) is 0 Å². The molecule has 1 atom stereocenters. The van der Waals surface area contributed by atoms with Gasteiger partial charge in [0.15, 0.2) is 5.78 Å². The average molecular weight is 273 g/mol. The highest BCUT2D eigenvalue weighted by atomic mass is 16.1. The van der Waals surface area contributed by atoms with Gasteiger partial charge in [0.1, 0.15) is 0 Å². The van der Waals surface area contributed by atoms with E-state index >= 15 is 0 Å². The molecule has 0 bridgehead atoms. The van der Waals surface area contributed by atoms with Crippen LogP contribution in [0.1, 0.15) is 62.4 Å². The minimum Gasteiger partial charge on any atom is -0.316 e. The van der Waals surface area contributed by atoms with Crippen LogP contribution in [0, 0.1) is 5.92 Å². The number of piperidine rings is 1. The molecule has 0 radical (unpaired) electrons. The highest BCUT2D eigenvalue weighted by molar-refractivity contribution is 5.96. The van der Waals surface area contributed by atoms with Crippen molar-refractivity contribution in [2.75, 3.05) is 13.1 Å². The summed E-state index contributed by atoms with van der Waals surface area (Å²) in [6, 6.07) is 8.16. The fourth-order valence-corrected chi connectivity index (χ4v) is 2.81. The summed E-state index contributed by atoms with van der Waals surface area (Å²) in [4.78, 5) is 12.2. The summed E-state index contributed by atoms with van der Waals surface area (Å²) in [5.41, 5.74) is 2.29. The fraction of sp³-hybridized carbons (Fsp3) is 0.611. The molecular weight excluding hydrogens is 246 g/mol. The number of carbonyl (C=O) groups is 1. The van der Waals surface area contributed by atoms with Gasteiger partial charge in [-0.1, -0.05) is 45.0 Å². The van der Waals surface area contributed by atoms with E-state index in [1.807, 2.05) is 12.1 Å². The predicted molar refractivity (Wildman–Crippen MR) is 84.3 cm³/mol. The molecule has 0 spiro atoms. The molecule has 2 rings (SSSR count).